The lowest BCUT2D eigenvalue weighted by atomic mass is 10.3. The lowest BCUT2D eigenvalue weighted by Gasteiger charge is -2.08. The van der Waals surface area contributed by atoms with Crippen LogP contribution in [0.1, 0.15) is 6.92 Å². The number of aromatic nitrogens is 1. The van der Waals surface area contributed by atoms with Gasteiger partial charge in [0.15, 0.2) is 5.13 Å². The van der Waals surface area contributed by atoms with E-state index in [0.29, 0.717) is 17.4 Å². The van der Waals surface area contributed by atoms with E-state index >= 15 is 0 Å². The molecule has 0 radical (unpaired) electrons. The smallest absolute Gasteiger partial charge is 0.323 e. The van der Waals surface area contributed by atoms with Crippen LogP contribution in [0.15, 0.2) is 77.7 Å². The summed E-state index contributed by atoms with van der Waals surface area (Å²) in [5, 5.41) is 8.97. The number of hydrogen-bond acceptors (Lipinski definition) is 6. The summed E-state index contributed by atoms with van der Waals surface area (Å²) in [6.07, 6.45) is 0. The van der Waals surface area contributed by atoms with Crippen molar-refractivity contribution in [3.63, 3.8) is 0 Å². The molecule has 0 saturated carbocycles. The van der Waals surface area contributed by atoms with Gasteiger partial charge in [0.05, 0.1) is 22.6 Å². The van der Waals surface area contributed by atoms with Crippen molar-refractivity contribution in [3.8, 4) is 5.75 Å². The number of ether oxygens (including phenoxy) is 1. The molecule has 0 spiro atoms. The Morgan fingerprint density at radius 3 is 2.39 bits per heavy atom. The summed E-state index contributed by atoms with van der Waals surface area (Å²) in [5.41, 5.74) is 2.21. The predicted molar refractivity (Wildman–Crippen MR) is 136 cm³/mol. The third-order valence-electron chi connectivity index (χ3n) is 4.43. The van der Waals surface area contributed by atoms with Gasteiger partial charge in [-0.2, -0.15) is 0 Å². The second-order valence-corrected chi connectivity index (χ2v) is 8.97. The highest BCUT2D eigenvalue weighted by molar-refractivity contribution is 8.00. The number of nitrogens with zero attached hydrogens (tertiary/aromatic N) is 1. The van der Waals surface area contributed by atoms with Crippen LogP contribution in [0.5, 0.6) is 5.75 Å². The number of carbonyl (C=O) groups excluding carboxylic acids is 2. The van der Waals surface area contributed by atoms with Gasteiger partial charge in [-0.15, -0.1) is 11.8 Å². The Hall–Kier alpha value is -3.56. The summed E-state index contributed by atoms with van der Waals surface area (Å²) in [6, 6.07) is 21.9. The van der Waals surface area contributed by atoms with Crippen LogP contribution in [0.4, 0.5) is 21.3 Å². The van der Waals surface area contributed by atoms with Crippen LogP contribution in [0.2, 0.25) is 0 Å². The van der Waals surface area contributed by atoms with Crippen molar-refractivity contribution in [1.82, 2.24) is 4.98 Å². The van der Waals surface area contributed by atoms with E-state index < -0.39 is 0 Å². The van der Waals surface area contributed by atoms with Crippen molar-refractivity contribution in [1.29, 1.82) is 0 Å². The van der Waals surface area contributed by atoms with E-state index in [4.69, 9.17) is 4.74 Å². The molecule has 0 saturated heterocycles. The first-order valence-corrected chi connectivity index (χ1v) is 12.1. The van der Waals surface area contributed by atoms with Gasteiger partial charge in [-0.3, -0.25) is 4.79 Å². The molecule has 0 fully saturated rings. The summed E-state index contributed by atoms with van der Waals surface area (Å²) in [4.78, 5) is 29.8. The van der Waals surface area contributed by atoms with Gasteiger partial charge in [0, 0.05) is 16.3 Å². The molecular weight excluding hydrogens is 456 g/mol. The highest BCUT2D eigenvalue weighted by atomic mass is 32.2. The topological polar surface area (TPSA) is 92.3 Å². The number of amides is 3. The maximum atomic E-state index is 12.4. The number of benzene rings is 3. The Labute approximate surface area is 199 Å². The summed E-state index contributed by atoms with van der Waals surface area (Å²) >= 11 is 2.83. The van der Waals surface area contributed by atoms with Crippen LogP contribution in [0, 0.1) is 0 Å². The zero-order chi connectivity index (χ0) is 23.0. The van der Waals surface area contributed by atoms with E-state index in [9.17, 15) is 9.59 Å². The van der Waals surface area contributed by atoms with Gasteiger partial charge in [-0.05, 0) is 61.5 Å². The van der Waals surface area contributed by atoms with Gasteiger partial charge in [0.25, 0.3) is 0 Å². The van der Waals surface area contributed by atoms with Crippen LogP contribution in [-0.4, -0.2) is 29.3 Å². The van der Waals surface area contributed by atoms with Crippen molar-refractivity contribution in [2.75, 3.05) is 28.3 Å². The molecule has 4 rings (SSSR count). The molecule has 0 atom stereocenters. The van der Waals surface area contributed by atoms with Crippen LogP contribution < -0.4 is 20.7 Å². The molecule has 9 heteroatoms. The third kappa shape index (κ3) is 6.47. The molecule has 0 aliphatic heterocycles. The number of anilines is 3. The number of thiazole rings is 1. The van der Waals surface area contributed by atoms with Crippen molar-refractivity contribution in [3.05, 3.63) is 72.8 Å². The fourth-order valence-electron chi connectivity index (χ4n) is 2.97. The molecule has 1 heterocycles. The van der Waals surface area contributed by atoms with E-state index in [1.165, 1.54) is 23.1 Å². The fourth-order valence-corrected chi connectivity index (χ4v) is 4.58. The van der Waals surface area contributed by atoms with Gasteiger partial charge in [0.1, 0.15) is 5.75 Å². The average Bonchev–Trinajstić information content (AvgIpc) is 3.21. The molecular formula is C24H22N4O3S2. The summed E-state index contributed by atoms with van der Waals surface area (Å²) in [5.74, 6) is 0.910. The third-order valence-corrected chi connectivity index (χ3v) is 6.38. The number of para-hydroxylation sites is 1. The lowest BCUT2D eigenvalue weighted by Crippen LogP contribution is -2.19. The number of thioether (sulfide) groups is 1. The van der Waals surface area contributed by atoms with E-state index in [1.54, 1.807) is 12.1 Å². The van der Waals surface area contributed by atoms with E-state index in [0.717, 1.165) is 26.5 Å². The van der Waals surface area contributed by atoms with Crippen LogP contribution in [0.3, 0.4) is 0 Å². The Kier molecular flexibility index (Phi) is 7.43. The van der Waals surface area contributed by atoms with Crippen LogP contribution in [0.25, 0.3) is 10.2 Å². The van der Waals surface area contributed by atoms with Crippen LogP contribution >= 0.6 is 23.1 Å². The van der Waals surface area contributed by atoms with Gasteiger partial charge >= 0.3 is 6.03 Å². The van der Waals surface area contributed by atoms with Crippen molar-refractivity contribution < 1.29 is 14.3 Å². The monoisotopic (exact) mass is 478 g/mol. The molecule has 0 aliphatic carbocycles. The normalized spacial score (nSPS) is 10.6. The number of fused-ring (bicyclic) bond motifs is 1. The Balaban J connectivity index is 1.26. The zero-order valence-electron chi connectivity index (χ0n) is 17.8. The maximum Gasteiger partial charge on any atom is 0.323 e. The van der Waals surface area contributed by atoms with E-state index in [2.05, 4.69) is 20.9 Å². The summed E-state index contributed by atoms with van der Waals surface area (Å²) in [7, 11) is 0. The number of nitrogens with one attached hydrogen (secondary N) is 3. The molecule has 1 aromatic heterocycles. The standard InChI is InChI=1S/C24H22N4O3S2/c1-2-31-18-10-13-20-21(14-18)33-24(27-20)28-22(29)15-32-19-11-8-17(9-12-19)26-23(30)25-16-6-4-3-5-7-16/h3-14H,2,15H2,1H3,(H2,25,26,30)(H,27,28,29). The first-order valence-electron chi connectivity index (χ1n) is 10.3. The largest absolute Gasteiger partial charge is 0.494 e. The maximum absolute atomic E-state index is 12.4. The molecule has 3 aromatic carbocycles. The number of carbonyl (C=O) groups is 2. The highest BCUT2D eigenvalue weighted by Crippen LogP contribution is 2.29. The first-order chi connectivity index (χ1) is 16.1. The molecule has 168 valence electrons. The number of hydrogen-bond donors (Lipinski definition) is 3. The molecule has 0 aliphatic rings. The van der Waals surface area contributed by atoms with Gasteiger partial charge in [-0.1, -0.05) is 29.5 Å². The fraction of sp³-hybridized carbons (Fsp3) is 0.125. The second-order valence-electron chi connectivity index (χ2n) is 6.89. The Morgan fingerprint density at radius 2 is 1.67 bits per heavy atom. The first kappa shape index (κ1) is 22.6. The number of rotatable bonds is 8. The average molecular weight is 479 g/mol. The quantitative estimate of drug-likeness (QED) is 0.267. The zero-order valence-corrected chi connectivity index (χ0v) is 19.5. The molecule has 33 heavy (non-hydrogen) atoms. The van der Waals surface area contributed by atoms with Gasteiger partial charge in [-0.25, -0.2) is 9.78 Å². The molecule has 7 nitrogen and oxygen atoms in total. The summed E-state index contributed by atoms with van der Waals surface area (Å²) in [6.45, 7) is 2.54. The highest BCUT2D eigenvalue weighted by Gasteiger charge is 2.10. The molecule has 0 unspecified atom stereocenters. The molecule has 3 N–H and O–H groups in total. The molecule has 0 bridgehead atoms. The minimum atomic E-state index is -0.315. The number of urea groups is 1. The minimum absolute atomic E-state index is 0.131. The van der Waals surface area contributed by atoms with E-state index in [-0.39, 0.29) is 17.7 Å². The van der Waals surface area contributed by atoms with Crippen LogP contribution in [-0.2, 0) is 4.79 Å². The summed E-state index contributed by atoms with van der Waals surface area (Å²) < 4.78 is 6.47. The Morgan fingerprint density at radius 1 is 0.939 bits per heavy atom. The second kappa shape index (κ2) is 10.8. The van der Waals surface area contributed by atoms with E-state index in [1.807, 2.05) is 67.6 Å². The molecule has 4 aromatic rings. The Bertz CT molecular complexity index is 1240. The minimum Gasteiger partial charge on any atom is -0.494 e. The SMILES string of the molecule is CCOc1ccc2nc(NC(=O)CSc3ccc(NC(=O)Nc4ccccc4)cc3)sc2c1. The lowest BCUT2D eigenvalue weighted by molar-refractivity contribution is -0.113. The van der Waals surface area contributed by atoms with Gasteiger partial charge < -0.3 is 20.7 Å². The van der Waals surface area contributed by atoms with Gasteiger partial charge in [0.2, 0.25) is 5.91 Å². The molecule has 3 amide bonds. The van der Waals surface area contributed by atoms with Crippen molar-refractivity contribution in [2.45, 2.75) is 11.8 Å². The van der Waals surface area contributed by atoms with Crippen molar-refractivity contribution in [2.24, 2.45) is 0 Å². The predicted octanol–water partition coefficient (Wildman–Crippen LogP) is 6.07. The van der Waals surface area contributed by atoms with Crippen molar-refractivity contribution >= 4 is 61.8 Å².